The van der Waals surface area contributed by atoms with Crippen molar-refractivity contribution in [3.05, 3.63) is 0 Å². The summed E-state index contributed by atoms with van der Waals surface area (Å²) in [5.74, 6) is 1.78. The Kier molecular flexibility index (Phi) is 14.3. The van der Waals surface area contributed by atoms with Gasteiger partial charge >= 0.3 is 0 Å². The molecule has 0 aliphatic heterocycles. The normalized spacial score (nSPS) is 14.5. The average molecular weight is 271 g/mol. The van der Waals surface area contributed by atoms with Gasteiger partial charge in [0.05, 0.1) is 0 Å². The molecular weight excluding hydrogens is 232 g/mol. The van der Waals surface area contributed by atoms with Crippen molar-refractivity contribution < 1.29 is 4.74 Å². The predicted octanol–water partition coefficient (Wildman–Crippen LogP) is 6.22. The molecule has 0 N–H and O–H groups in total. The molecule has 0 aliphatic carbocycles. The highest BCUT2D eigenvalue weighted by molar-refractivity contribution is 4.59. The number of hydrogen-bond acceptors (Lipinski definition) is 1. The van der Waals surface area contributed by atoms with Crippen LogP contribution in [0.15, 0.2) is 0 Å². The molecule has 0 aromatic rings. The van der Waals surface area contributed by atoms with Crippen LogP contribution in [0.4, 0.5) is 0 Å². The van der Waals surface area contributed by atoms with E-state index in [0.717, 1.165) is 25.0 Å². The zero-order valence-electron chi connectivity index (χ0n) is 14.0. The van der Waals surface area contributed by atoms with Crippen molar-refractivity contribution in [1.82, 2.24) is 0 Å². The predicted molar refractivity (Wildman–Crippen MR) is 86.7 cm³/mol. The Morgan fingerprint density at radius 1 is 0.632 bits per heavy atom. The quantitative estimate of drug-likeness (QED) is 0.341. The molecule has 1 heteroatoms. The third-order valence-electron chi connectivity index (χ3n) is 4.43. The second-order valence-electron chi connectivity index (χ2n) is 6.02. The summed E-state index contributed by atoms with van der Waals surface area (Å²) in [5.41, 5.74) is 0. The minimum Gasteiger partial charge on any atom is -0.381 e. The van der Waals surface area contributed by atoms with E-state index in [1.165, 1.54) is 64.2 Å². The third-order valence-corrected chi connectivity index (χ3v) is 4.43. The van der Waals surface area contributed by atoms with E-state index < -0.39 is 0 Å². The maximum atomic E-state index is 5.86. The van der Waals surface area contributed by atoms with Crippen molar-refractivity contribution in [1.29, 1.82) is 0 Å². The van der Waals surface area contributed by atoms with Gasteiger partial charge in [0.1, 0.15) is 0 Å². The molecule has 0 rings (SSSR count). The fourth-order valence-corrected chi connectivity index (χ4v) is 2.69. The van der Waals surface area contributed by atoms with Gasteiger partial charge in [-0.3, -0.25) is 0 Å². The molecule has 2 unspecified atom stereocenters. The Balaban J connectivity index is 3.50. The largest absolute Gasteiger partial charge is 0.381 e. The van der Waals surface area contributed by atoms with Crippen molar-refractivity contribution >= 4 is 0 Å². The van der Waals surface area contributed by atoms with E-state index in [-0.39, 0.29) is 0 Å². The van der Waals surface area contributed by atoms with Crippen LogP contribution < -0.4 is 0 Å². The fraction of sp³-hybridized carbons (Fsp3) is 1.00. The van der Waals surface area contributed by atoms with E-state index in [9.17, 15) is 0 Å². The van der Waals surface area contributed by atoms with Gasteiger partial charge in [0.2, 0.25) is 0 Å². The minimum atomic E-state index is 0.891. The summed E-state index contributed by atoms with van der Waals surface area (Å²) in [5, 5.41) is 0. The van der Waals surface area contributed by atoms with Crippen molar-refractivity contribution in [3.63, 3.8) is 0 Å². The van der Waals surface area contributed by atoms with E-state index in [0.29, 0.717) is 0 Å². The first-order valence-corrected chi connectivity index (χ1v) is 8.86. The lowest BCUT2D eigenvalue weighted by Gasteiger charge is -2.16. The van der Waals surface area contributed by atoms with Gasteiger partial charge in [-0.05, 0) is 24.7 Å². The average Bonchev–Trinajstić information content (AvgIpc) is 2.45. The van der Waals surface area contributed by atoms with Gasteiger partial charge in [-0.2, -0.15) is 0 Å². The van der Waals surface area contributed by atoms with E-state index >= 15 is 0 Å². The lowest BCUT2D eigenvalue weighted by atomic mass is 9.96. The maximum Gasteiger partial charge on any atom is 0.0468 e. The van der Waals surface area contributed by atoms with E-state index in [1.54, 1.807) is 0 Å². The number of ether oxygens (including phenoxy) is 1. The third kappa shape index (κ3) is 11.5. The highest BCUT2D eigenvalue weighted by Crippen LogP contribution is 2.18. The molecule has 0 heterocycles. The molecule has 0 aromatic carbocycles. The number of hydrogen-bond donors (Lipinski definition) is 0. The van der Waals surface area contributed by atoms with E-state index in [4.69, 9.17) is 4.74 Å². The Morgan fingerprint density at radius 3 is 1.37 bits per heavy atom. The summed E-state index contributed by atoms with van der Waals surface area (Å²) in [6, 6.07) is 0. The highest BCUT2D eigenvalue weighted by atomic mass is 16.5. The first-order valence-electron chi connectivity index (χ1n) is 8.86. The van der Waals surface area contributed by atoms with Crippen molar-refractivity contribution in [2.24, 2.45) is 11.8 Å². The monoisotopic (exact) mass is 270 g/mol. The van der Waals surface area contributed by atoms with Gasteiger partial charge < -0.3 is 4.74 Å². The molecule has 2 atom stereocenters. The zero-order valence-corrected chi connectivity index (χ0v) is 14.0. The number of unbranched alkanes of at least 4 members (excludes halogenated alkanes) is 2. The lowest BCUT2D eigenvalue weighted by molar-refractivity contribution is 0.103. The molecule has 1 nitrogen and oxygen atoms in total. The topological polar surface area (TPSA) is 9.23 Å². The molecular formula is C18H38O. The standard InChI is InChI=1S/C18H38O/c1-5-9-11-17(7-3)13-15-19-16-14-18(8-4)12-10-6-2/h17-18H,5-16H2,1-4H3. The summed E-state index contributed by atoms with van der Waals surface area (Å²) in [4.78, 5) is 0. The molecule has 0 radical (unpaired) electrons. The Bertz CT molecular complexity index is 149. The molecule has 0 spiro atoms. The summed E-state index contributed by atoms with van der Waals surface area (Å²) in [6.07, 6.45) is 13.4. The molecule has 0 amide bonds. The summed E-state index contributed by atoms with van der Waals surface area (Å²) >= 11 is 0. The Labute approximate surface area is 122 Å². The van der Waals surface area contributed by atoms with Crippen LogP contribution in [0.2, 0.25) is 0 Å². The van der Waals surface area contributed by atoms with Crippen LogP contribution in [0.5, 0.6) is 0 Å². The summed E-state index contributed by atoms with van der Waals surface area (Å²) < 4.78 is 5.86. The van der Waals surface area contributed by atoms with Crippen LogP contribution in [0, 0.1) is 11.8 Å². The molecule has 0 bridgehead atoms. The Hall–Kier alpha value is -0.0400. The second-order valence-corrected chi connectivity index (χ2v) is 6.02. The van der Waals surface area contributed by atoms with E-state index in [1.807, 2.05) is 0 Å². The van der Waals surface area contributed by atoms with Crippen molar-refractivity contribution in [2.75, 3.05) is 13.2 Å². The maximum absolute atomic E-state index is 5.86. The van der Waals surface area contributed by atoms with Crippen LogP contribution >= 0.6 is 0 Å². The van der Waals surface area contributed by atoms with Gasteiger partial charge in [-0.15, -0.1) is 0 Å². The van der Waals surface area contributed by atoms with Crippen molar-refractivity contribution in [3.8, 4) is 0 Å². The van der Waals surface area contributed by atoms with Gasteiger partial charge in [0, 0.05) is 13.2 Å². The zero-order chi connectivity index (χ0) is 14.3. The van der Waals surface area contributed by atoms with E-state index in [2.05, 4.69) is 27.7 Å². The lowest BCUT2D eigenvalue weighted by Crippen LogP contribution is -2.08. The summed E-state index contributed by atoms with van der Waals surface area (Å²) in [6.45, 7) is 11.2. The van der Waals surface area contributed by atoms with Gasteiger partial charge in [0.15, 0.2) is 0 Å². The number of rotatable bonds is 14. The highest BCUT2D eigenvalue weighted by Gasteiger charge is 2.07. The summed E-state index contributed by atoms with van der Waals surface area (Å²) in [7, 11) is 0. The van der Waals surface area contributed by atoms with Crippen LogP contribution in [-0.2, 0) is 4.74 Å². The SMILES string of the molecule is CCCCC(CC)CCOCCC(CC)CCCC. The molecule has 0 aliphatic rings. The smallest absolute Gasteiger partial charge is 0.0468 e. The van der Waals surface area contributed by atoms with Gasteiger partial charge in [0.25, 0.3) is 0 Å². The molecule has 0 aromatic heterocycles. The first-order chi connectivity index (χ1) is 9.28. The van der Waals surface area contributed by atoms with Crippen LogP contribution in [0.25, 0.3) is 0 Å². The molecule has 116 valence electrons. The second kappa shape index (κ2) is 14.4. The molecule has 19 heavy (non-hydrogen) atoms. The van der Waals surface area contributed by atoms with Crippen LogP contribution in [0.3, 0.4) is 0 Å². The molecule has 0 saturated carbocycles. The van der Waals surface area contributed by atoms with Gasteiger partial charge in [-0.1, -0.05) is 79.1 Å². The first kappa shape index (κ1) is 19.0. The molecule has 0 saturated heterocycles. The Morgan fingerprint density at radius 2 is 1.05 bits per heavy atom. The fourth-order valence-electron chi connectivity index (χ4n) is 2.69. The van der Waals surface area contributed by atoms with Crippen LogP contribution in [-0.4, -0.2) is 13.2 Å². The van der Waals surface area contributed by atoms with Crippen LogP contribution in [0.1, 0.15) is 91.9 Å². The van der Waals surface area contributed by atoms with Gasteiger partial charge in [-0.25, -0.2) is 0 Å². The molecule has 0 fully saturated rings. The minimum absolute atomic E-state index is 0.891. The van der Waals surface area contributed by atoms with Crippen molar-refractivity contribution in [2.45, 2.75) is 91.9 Å².